The van der Waals surface area contributed by atoms with Crippen molar-refractivity contribution >= 4 is 23.6 Å². The highest BCUT2D eigenvalue weighted by Gasteiger charge is 2.30. The quantitative estimate of drug-likeness (QED) is 0.558. The molecule has 0 bridgehead atoms. The van der Waals surface area contributed by atoms with E-state index in [1.54, 1.807) is 31.4 Å². The van der Waals surface area contributed by atoms with Crippen LogP contribution in [-0.2, 0) is 17.5 Å². The lowest BCUT2D eigenvalue weighted by molar-refractivity contribution is -0.137. The fraction of sp³-hybridized carbons (Fsp3) is 0.150. The lowest BCUT2D eigenvalue weighted by Crippen LogP contribution is -2.21. The number of hydrogen-bond acceptors (Lipinski definition) is 4. The molecule has 0 aliphatic heterocycles. The van der Waals surface area contributed by atoms with Gasteiger partial charge in [-0.1, -0.05) is 11.6 Å². The van der Waals surface area contributed by atoms with Gasteiger partial charge in [0.05, 0.1) is 19.2 Å². The highest BCUT2D eigenvalue weighted by Crippen LogP contribution is 2.32. The molecule has 0 aliphatic carbocycles. The first-order valence-corrected chi connectivity index (χ1v) is 9.02. The Morgan fingerprint density at radius 2 is 1.97 bits per heavy atom. The van der Waals surface area contributed by atoms with Gasteiger partial charge in [-0.05, 0) is 54.1 Å². The van der Waals surface area contributed by atoms with Gasteiger partial charge in [-0.3, -0.25) is 9.89 Å². The summed E-state index contributed by atoms with van der Waals surface area (Å²) in [4.78, 5) is 16.3. The molecule has 30 heavy (non-hydrogen) atoms. The Morgan fingerprint density at radius 1 is 1.23 bits per heavy atom. The fourth-order valence-corrected chi connectivity index (χ4v) is 2.67. The Labute approximate surface area is 174 Å². The van der Waals surface area contributed by atoms with Crippen LogP contribution in [0.2, 0.25) is 5.02 Å². The third-order valence-electron chi connectivity index (χ3n) is 4.05. The Bertz CT molecular complexity index is 1060. The van der Waals surface area contributed by atoms with Crippen LogP contribution in [0.1, 0.15) is 17.0 Å². The van der Waals surface area contributed by atoms with Crippen molar-refractivity contribution in [3.63, 3.8) is 0 Å². The lowest BCUT2D eigenvalue weighted by Gasteiger charge is -2.08. The molecule has 0 aliphatic rings. The number of aromatic nitrogens is 3. The monoisotopic (exact) mass is 436 g/mol. The number of H-pyrrole nitrogens is 1. The number of nitrogens with zero attached hydrogens (tertiary/aromatic N) is 2. The maximum absolute atomic E-state index is 12.8. The van der Waals surface area contributed by atoms with Crippen molar-refractivity contribution in [1.29, 1.82) is 0 Å². The van der Waals surface area contributed by atoms with Crippen molar-refractivity contribution in [2.45, 2.75) is 12.7 Å². The molecule has 10 heteroatoms. The van der Waals surface area contributed by atoms with Crippen molar-refractivity contribution < 1.29 is 22.7 Å². The molecule has 6 nitrogen and oxygen atoms in total. The Balaban J connectivity index is 1.60. The topological polar surface area (TPSA) is 79.9 Å². The zero-order chi connectivity index (χ0) is 21.7. The van der Waals surface area contributed by atoms with Crippen LogP contribution in [0.5, 0.6) is 5.75 Å². The SMILES string of the molecule is COc1ccc(-c2n[nH]c(CNC(=O)/C=C/c3cc(C(F)(F)F)ccc3Cl)n2)cc1. The standard InChI is InChI=1S/C20H16ClF3N4O2/c1-30-15-6-2-12(3-7-15)19-26-17(27-28-19)11-25-18(29)9-4-13-10-14(20(22,23)24)5-8-16(13)21/h2-10H,11H2,1H3,(H,25,29)(H,26,27,28)/b9-4+. The van der Waals surface area contributed by atoms with Gasteiger partial charge < -0.3 is 10.1 Å². The summed E-state index contributed by atoms with van der Waals surface area (Å²) < 4.78 is 43.5. The molecule has 1 aromatic heterocycles. The molecular formula is C20H16ClF3N4O2. The summed E-state index contributed by atoms with van der Waals surface area (Å²) in [6.45, 7) is 0.0582. The summed E-state index contributed by atoms with van der Waals surface area (Å²) in [5, 5.41) is 9.48. The molecule has 0 radical (unpaired) electrons. The normalized spacial score (nSPS) is 11.6. The number of carbonyl (C=O) groups excluding carboxylic acids is 1. The average molecular weight is 437 g/mol. The predicted octanol–water partition coefficient (Wildman–Crippen LogP) is 4.48. The van der Waals surface area contributed by atoms with Crippen molar-refractivity contribution in [3.05, 3.63) is 70.5 Å². The minimum absolute atomic E-state index is 0.0582. The molecule has 0 saturated heterocycles. The van der Waals surface area contributed by atoms with E-state index in [1.807, 2.05) is 0 Å². The Kier molecular flexibility index (Phi) is 6.41. The van der Waals surface area contributed by atoms with Gasteiger partial charge >= 0.3 is 6.18 Å². The summed E-state index contributed by atoms with van der Waals surface area (Å²) in [5.41, 5.74) is 0.00601. The first kappa shape index (κ1) is 21.4. The number of halogens is 4. The van der Waals surface area contributed by atoms with Gasteiger partial charge in [0.1, 0.15) is 11.6 Å². The van der Waals surface area contributed by atoms with Crippen LogP contribution in [0.25, 0.3) is 17.5 Å². The van der Waals surface area contributed by atoms with E-state index in [0.29, 0.717) is 17.4 Å². The number of benzene rings is 2. The molecule has 0 unspecified atom stereocenters. The van der Waals surface area contributed by atoms with Crippen molar-refractivity contribution in [1.82, 2.24) is 20.5 Å². The molecule has 0 atom stereocenters. The van der Waals surface area contributed by atoms with E-state index < -0.39 is 17.6 Å². The van der Waals surface area contributed by atoms with Crippen LogP contribution < -0.4 is 10.1 Å². The maximum Gasteiger partial charge on any atom is 0.416 e. The van der Waals surface area contributed by atoms with E-state index in [-0.39, 0.29) is 17.1 Å². The molecule has 156 valence electrons. The molecular weight excluding hydrogens is 421 g/mol. The van der Waals surface area contributed by atoms with Gasteiger partial charge in [0.2, 0.25) is 5.91 Å². The van der Waals surface area contributed by atoms with E-state index in [9.17, 15) is 18.0 Å². The van der Waals surface area contributed by atoms with Crippen LogP contribution in [0.3, 0.4) is 0 Å². The number of aromatic amines is 1. The van der Waals surface area contributed by atoms with Crippen LogP contribution in [-0.4, -0.2) is 28.2 Å². The van der Waals surface area contributed by atoms with Crippen LogP contribution in [0, 0.1) is 0 Å². The number of ether oxygens (including phenoxy) is 1. The van der Waals surface area contributed by atoms with Gasteiger partial charge in [-0.2, -0.15) is 18.3 Å². The van der Waals surface area contributed by atoms with Crippen molar-refractivity contribution in [2.75, 3.05) is 7.11 Å². The van der Waals surface area contributed by atoms with Crippen molar-refractivity contribution in [3.8, 4) is 17.1 Å². The number of alkyl halides is 3. The van der Waals surface area contributed by atoms with Crippen LogP contribution in [0.4, 0.5) is 13.2 Å². The molecule has 3 aromatic rings. The van der Waals surface area contributed by atoms with E-state index in [4.69, 9.17) is 16.3 Å². The summed E-state index contributed by atoms with van der Waals surface area (Å²) in [7, 11) is 1.57. The van der Waals surface area contributed by atoms with Gasteiger partial charge in [0.15, 0.2) is 5.82 Å². The summed E-state index contributed by atoms with van der Waals surface area (Å²) >= 11 is 5.90. The zero-order valence-electron chi connectivity index (χ0n) is 15.6. The number of rotatable bonds is 6. The zero-order valence-corrected chi connectivity index (χ0v) is 16.4. The number of nitrogens with one attached hydrogen (secondary N) is 2. The molecule has 0 saturated carbocycles. The first-order chi connectivity index (χ1) is 14.3. The second-order valence-corrected chi connectivity index (χ2v) is 6.53. The first-order valence-electron chi connectivity index (χ1n) is 8.64. The second kappa shape index (κ2) is 9.00. The number of amides is 1. The highest BCUT2D eigenvalue weighted by atomic mass is 35.5. The summed E-state index contributed by atoms with van der Waals surface area (Å²) in [6.07, 6.45) is -2.18. The minimum Gasteiger partial charge on any atom is -0.497 e. The second-order valence-electron chi connectivity index (χ2n) is 6.12. The fourth-order valence-electron chi connectivity index (χ4n) is 2.49. The maximum atomic E-state index is 12.8. The average Bonchev–Trinajstić information content (AvgIpc) is 3.20. The smallest absolute Gasteiger partial charge is 0.416 e. The van der Waals surface area contributed by atoms with Crippen LogP contribution in [0.15, 0.2) is 48.5 Å². The predicted molar refractivity (Wildman–Crippen MR) is 106 cm³/mol. The molecule has 2 aromatic carbocycles. The summed E-state index contributed by atoms with van der Waals surface area (Å²) in [6, 6.07) is 10.0. The Morgan fingerprint density at radius 3 is 2.63 bits per heavy atom. The molecule has 3 rings (SSSR count). The molecule has 2 N–H and O–H groups in total. The number of hydrogen-bond donors (Lipinski definition) is 2. The van der Waals surface area contributed by atoms with E-state index >= 15 is 0 Å². The van der Waals surface area contributed by atoms with E-state index in [2.05, 4.69) is 20.5 Å². The molecule has 1 heterocycles. The Hall–Kier alpha value is -3.33. The molecule has 0 fully saturated rings. The van der Waals surface area contributed by atoms with Gasteiger partial charge in [0, 0.05) is 16.7 Å². The van der Waals surface area contributed by atoms with E-state index in [1.165, 1.54) is 6.08 Å². The lowest BCUT2D eigenvalue weighted by atomic mass is 10.1. The van der Waals surface area contributed by atoms with E-state index in [0.717, 1.165) is 29.8 Å². The van der Waals surface area contributed by atoms with Gasteiger partial charge in [-0.25, -0.2) is 4.98 Å². The summed E-state index contributed by atoms with van der Waals surface area (Å²) in [5.74, 6) is 1.05. The minimum atomic E-state index is -4.50. The van der Waals surface area contributed by atoms with Gasteiger partial charge in [0.25, 0.3) is 0 Å². The number of methoxy groups -OCH3 is 1. The van der Waals surface area contributed by atoms with Crippen LogP contribution >= 0.6 is 11.6 Å². The largest absolute Gasteiger partial charge is 0.497 e. The third-order valence-corrected chi connectivity index (χ3v) is 4.39. The highest BCUT2D eigenvalue weighted by molar-refractivity contribution is 6.32. The molecule has 1 amide bonds. The number of carbonyl (C=O) groups is 1. The van der Waals surface area contributed by atoms with Crippen molar-refractivity contribution in [2.24, 2.45) is 0 Å². The molecule has 0 spiro atoms. The third kappa shape index (κ3) is 5.38. The van der Waals surface area contributed by atoms with Gasteiger partial charge in [-0.15, -0.1) is 0 Å².